The van der Waals surface area contributed by atoms with Gasteiger partial charge in [0.15, 0.2) is 0 Å². The van der Waals surface area contributed by atoms with Gasteiger partial charge in [-0.3, -0.25) is 4.79 Å². The van der Waals surface area contributed by atoms with Crippen molar-refractivity contribution in [2.75, 3.05) is 13.1 Å². The molecule has 1 fully saturated rings. The average molecular weight is 208 g/mol. The maximum Gasteiger partial charge on any atom is 0.219 e. The lowest BCUT2D eigenvalue weighted by Crippen LogP contribution is -2.46. The van der Waals surface area contributed by atoms with E-state index < -0.39 is 0 Å². The first-order chi connectivity index (χ1) is 7.17. The van der Waals surface area contributed by atoms with Crippen molar-refractivity contribution >= 4 is 5.91 Å². The van der Waals surface area contributed by atoms with Crippen LogP contribution in [0.2, 0.25) is 0 Å². The van der Waals surface area contributed by atoms with Crippen molar-refractivity contribution in [2.45, 2.75) is 45.2 Å². The van der Waals surface area contributed by atoms with Crippen LogP contribution in [0, 0.1) is 12.3 Å². The molecule has 0 spiro atoms. The summed E-state index contributed by atoms with van der Waals surface area (Å²) in [6.45, 7) is 5.42. The van der Waals surface area contributed by atoms with E-state index >= 15 is 0 Å². The Bertz CT molecular complexity index is 249. The van der Waals surface area contributed by atoms with Crippen molar-refractivity contribution in [2.24, 2.45) is 0 Å². The second-order valence-corrected chi connectivity index (χ2v) is 4.07. The van der Waals surface area contributed by atoms with Crippen LogP contribution < -0.4 is 5.32 Å². The molecule has 0 aliphatic carbocycles. The van der Waals surface area contributed by atoms with E-state index in [1.54, 1.807) is 6.92 Å². The standard InChI is InChI=1S/C12H20N2O/c1-4-11(5-2)13-12-6-8-14(9-7-12)10(3)15/h1,11-13H,5-9H2,2-3H3. The number of likely N-dealkylation sites (tertiary alicyclic amines) is 1. The van der Waals surface area contributed by atoms with Crippen LogP contribution in [-0.4, -0.2) is 36.0 Å². The zero-order valence-electron chi connectivity index (χ0n) is 9.62. The summed E-state index contributed by atoms with van der Waals surface area (Å²) >= 11 is 0. The van der Waals surface area contributed by atoms with Crippen LogP contribution in [-0.2, 0) is 4.79 Å². The normalized spacial score (nSPS) is 19.7. The van der Waals surface area contributed by atoms with Crippen LogP contribution in [0.3, 0.4) is 0 Å². The monoisotopic (exact) mass is 208 g/mol. The fourth-order valence-electron chi connectivity index (χ4n) is 1.93. The van der Waals surface area contributed by atoms with Crippen molar-refractivity contribution in [3.05, 3.63) is 0 Å². The molecule has 0 aromatic carbocycles. The van der Waals surface area contributed by atoms with Crippen LogP contribution in [0.15, 0.2) is 0 Å². The van der Waals surface area contributed by atoms with Crippen LogP contribution in [0.25, 0.3) is 0 Å². The number of carbonyl (C=O) groups is 1. The Morgan fingerprint density at radius 1 is 1.60 bits per heavy atom. The molecule has 1 saturated heterocycles. The molecule has 1 atom stereocenters. The fourth-order valence-corrected chi connectivity index (χ4v) is 1.93. The highest BCUT2D eigenvalue weighted by Gasteiger charge is 2.21. The first-order valence-electron chi connectivity index (χ1n) is 5.65. The summed E-state index contributed by atoms with van der Waals surface area (Å²) in [7, 11) is 0. The van der Waals surface area contributed by atoms with Gasteiger partial charge >= 0.3 is 0 Å². The molecule has 3 nitrogen and oxygen atoms in total. The van der Waals surface area contributed by atoms with Crippen LogP contribution >= 0.6 is 0 Å². The van der Waals surface area contributed by atoms with Crippen LogP contribution in [0.4, 0.5) is 0 Å². The molecule has 1 N–H and O–H groups in total. The second-order valence-electron chi connectivity index (χ2n) is 4.07. The molecule has 1 amide bonds. The van der Waals surface area contributed by atoms with Gasteiger partial charge in [0.2, 0.25) is 5.91 Å². The van der Waals surface area contributed by atoms with Gasteiger partial charge in [0.1, 0.15) is 0 Å². The Kier molecular flexibility index (Phi) is 4.64. The average Bonchev–Trinajstić information content (AvgIpc) is 2.26. The van der Waals surface area contributed by atoms with Gasteiger partial charge in [-0.25, -0.2) is 0 Å². The molecule has 1 heterocycles. The van der Waals surface area contributed by atoms with Gasteiger partial charge in [-0.05, 0) is 19.3 Å². The summed E-state index contributed by atoms with van der Waals surface area (Å²) in [5, 5.41) is 3.44. The Morgan fingerprint density at radius 2 is 2.20 bits per heavy atom. The molecule has 0 saturated carbocycles. The van der Waals surface area contributed by atoms with Crippen LogP contribution in [0.1, 0.15) is 33.1 Å². The first-order valence-corrected chi connectivity index (χ1v) is 5.65. The topological polar surface area (TPSA) is 32.3 Å². The molecule has 1 rings (SSSR count). The summed E-state index contributed by atoms with van der Waals surface area (Å²) in [4.78, 5) is 13.0. The van der Waals surface area contributed by atoms with E-state index in [0.29, 0.717) is 6.04 Å². The minimum absolute atomic E-state index is 0.178. The van der Waals surface area contributed by atoms with Gasteiger partial charge in [0.05, 0.1) is 6.04 Å². The zero-order chi connectivity index (χ0) is 11.3. The number of nitrogens with one attached hydrogen (secondary N) is 1. The van der Waals surface area contributed by atoms with Gasteiger partial charge in [-0.2, -0.15) is 0 Å². The van der Waals surface area contributed by atoms with Gasteiger partial charge < -0.3 is 10.2 Å². The molecule has 1 unspecified atom stereocenters. The third-order valence-electron chi connectivity index (χ3n) is 2.99. The lowest BCUT2D eigenvalue weighted by atomic mass is 10.0. The van der Waals surface area contributed by atoms with Gasteiger partial charge in [-0.1, -0.05) is 12.8 Å². The number of rotatable bonds is 3. The quantitative estimate of drug-likeness (QED) is 0.702. The van der Waals surface area contributed by atoms with Crippen molar-refractivity contribution in [1.82, 2.24) is 10.2 Å². The molecule has 0 radical (unpaired) electrons. The zero-order valence-corrected chi connectivity index (χ0v) is 9.62. The lowest BCUT2D eigenvalue weighted by molar-refractivity contribution is -0.129. The summed E-state index contributed by atoms with van der Waals surface area (Å²) in [5.74, 6) is 2.92. The van der Waals surface area contributed by atoms with Gasteiger partial charge in [-0.15, -0.1) is 6.42 Å². The molecule has 15 heavy (non-hydrogen) atoms. The Labute approximate surface area is 92.2 Å². The van der Waals surface area contributed by atoms with E-state index in [2.05, 4.69) is 18.2 Å². The smallest absolute Gasteiger partial charge is 0.219 e. The lowest BCUT2D eigenvalue weighted by Gasteiger charge is -2.33. The molecule has 1 aliphatic rings. The predicted molar refractivity (Wildman–Crippen MR) is 61.3 cm³/mol. The van der Waals surface area contributed by atoms with Crippen molar-refractivity contribution in [1.29, 1.82) is 0 Å². The molecule has 84 valence electrons. The number of hydrogen-bond acceptors (Lipinski definition) is 2. The molecular weight excluding hydrogens is 188 g/mol. The fraction of sp³-hybridized carbons (Fsp3) is 0.750. The summed E-state index contributed by atoms with van der Waals surface area (Å²) in [6.07, 6.45) is 8.38. The van der Waals surface area contributed by atoms with Crippen LogP contribution in [0.5, 0.6) is 0 Å². The number of amides is 1. The molecular formula is C12H20N2O. The highest BCUT2D eigenvalue weighted by atomic mass is 16.2. The highest BCUT2D eigenvalue weighted by Crippen LogP contribution is 2.11. The SMILES string of the molecule is C#CC(CC)NC1CCN(C(C)=O)CC1. The van der Waals surface area contributed by atoms with E-state index in [1.165, 1.54) is 0 Å². The third-order valence-corrected chi connectivity index (χ3v) is 2.99. The molecule has 3 heteroatoms. The second kappa shape index (κ2) is 5.77. The maximum absolute atomic E-state index is 11.1. The molecule has 0 bridgehead atoms. The van der Waals surface area contributed by atoms with E-state index in [1.807, 2.05) is 4.90 Å². The van der Waals surface area contributed by atoms with Gasteiger partial charge in [0.25, 0.3) is 0 Å². The number of terminal acetylenes is 1. The highest BCUT2D eigenvalue weighted by molar-refractivity contribution is 5.73. The van der Waals surface area contributed by atoms with Crippen molar-refractivity contribution in [3.8, 4) is 12.3 Å². The predicted octanol–water partition coefficient (Wildman–Crippen LogP) is 0.999. The maximum atomic E-state index is 11.1. The van der Waals surface area contributed by atoms with E-state index in [4.69, 9.17) is 6.42 Å². The first kappa shape index (κ1) is 12.1. The van der Waals surface area contributed by atoms with E-state index in [0.717, 1.165) is 32.4 Å². The minimum Gasteiger partial charge on any atom is -0.343 e. The summed E-state index contributed by atoms with van der Waals surface area (Å²) < 4.78 is 0. The Balaban J connectivity index is 2.32. The minimum atomic E-state index is 0.178. The summed E-state index contributed by atoms with van der Waals surface area (Å²) in [5.41, 5.74) is 0. The molecule has 0 aromatic heterocycles. The third kappa shape index (κ3) is 3.56. The Hall–Kier alpha value is -1.01. The Morgan fingerprint density at radius 3 is 2.60 bits per heavy atom. The molecule has 0 aromatic rings. The number of carbonyl (C=O) groups excluding carboxylic acids is 1. The van der Waals surface area contributed by atoms with Crippen molar-refractivity contribution < 1.29 is 4.79 Å². The van der Waals surface area contributed by atoms with Crippen molar-refractivity contribution in [3.63, 3.8) is 0 Å². The number of hydrogen-bond donors (Lipinski definition) is 1. The van der Waals surface area contributed by atoms with E-state index in [9.17, 15) is 4.79 Å². The van der Waals surface area contributed by atoms with Gasteiger partial charge in [0, 0.05) is 26.1 Å². The number of piperidine rings is 1. The largest absolute Gasteiger partial charge is 0.343 e. The molecule has 1 aliphatic heterocycles. The summed E-state index contributed by atoms with van der Waals surface area (Å²) in [6, 6.07) is 0.653. The number of nitrogens with zero attached hydrogens (tertiary/aromatic N) is 1. The van der Waals surface area contributed by atoms with E-state index in [-0.39, 0.29) is 11.9 Å².